The van der Waals surface area contributed by atoms with Crippen LogP contribution in [0.25, 0.3) is 5.69 Å². The number of nitrogens with zero attached hydrogens (tertiary/aromatic N) is 4. The lowest BCUT2D eigenvalue weighted by Crippen LogP contribution is -2.22. The lowest BCUT2D eigenvalue weighted by Gasteiger charge is -2.14. The van der Waals surface area contributed by atoms with Gasteiger partial charge in [-0.3, -0.25) is 4.79 Å². The number of benzene rings is 2. The molecule has 0 fully saturated rings. The summed E-state index contributed by atoms with van der Waals surface area (Å²) in [6.45, 7) is 5.67. The fraction of sp³-hybridized carbons (Fsp3) is 0.222. The predicted octanol–water partition coefficient (Wildman–Crippen LogP) is 4.05. The Labute approximate surface area is 160 Å². The van der Waals surface area contributed by atoms with Crippen molar-refractivity contribution in [2.45, 2.75) is 30.9 Å². The number of aromatic nitrogens is 4. The lowest BCUT2D eigenvalue weighted by molar-refractivity contribution is -0.115. The normalized spacial score (nSPS) is 12.0. The first-order valence-corrected chi connectivity index (χ1v) is 9.29. The lowest BCUT2D eigenvalue weighted by atomic mass is 10.1. The number of hydrogen-bond acceptors (Lipinski definition) is 5. The molecule has 1 amide bonds. The van der Waals surface area contributed by atoms with Crippen LogP contribution in [-0.4, -0.2) is 31.4 Å². The number of aryl methyl sites for hydroxylation is 2. The summed E-state index contributed by atoms with van der Waals surface area (Å²) in [5.41, 5.74) is 2.55. The van der Waals surface area contributed by atoms with Gasteiger partial charge in [0.2, 0.25) is 5.91 Å². The van der Waals surface area contributed by atoms with E-state index < -0.39 is 0 Å². The minimum absolute atomic E-state index is 0.0757. The molecule has 0 saturated heterocycles. The van der Waals surface area contributed by atoms with Crippen molar-refractivity contribution in [2.75, 3.05) is 5.32 Å². The molecule has 0 aliphatic rings. The Morgan fingerprint density at radius 1 is 1.19 bits per heavy atom. The molecule has 0 saturated carbocycles. The van der Waals surface area contributed by atoms with Gasteiger partial charge in [0.05, 0.1) is 10.9 Å². The van der Waals surface area contributed by atoms with Crippen molar-refractivity contribution in [1.82, 2.24) is 20.2 Å². The van der Waals surface area contributed by atoms with Gasteiger partial charge in [-0.1, -0.05) is 17.7 Å². The number of nitrogens with one attached hydrogen (secondary N) is 1. The molecule has 1 N–H and O–H groups in total. The molecule has 6 nitrogen and oxygen atoms in total. The van der Waals surface area contributed by atoms with E-state index in [1.54, 1.807) is 4.68 Å². The van der Waals surface area contributed by atoms with Gasteiger partial charge in [-0.2, -0.15) is 4.68 Å². The maximum atomic E-state index is 12.5. The molecular formula is C18H18ClN5OS. The van der Waals surface area contributed by atoms with Crippen LogP contribution in [0.4, 0.5) is 5.69 Å². The maximum Gasteiger partial charge on any atom is 0.237 e. The summed E-state index contributed by atoms with van der Waals surface area (Å²) in [6.07, 6.45) is 0. The van der Waals surface area contributed by atoms with E-state index in [0.29, 0.717) is 16.5 Å². The van der Waals surface area contributed by atoms with E-state index in [2.05, 4.69) is 20.8 Å². The molecule has 2 aromatic carbocycles. The highest BCUT2D eigenvalue weighted by atomic mass is 35.5. The van der Waals surface area contributed by atoms with Crippen LogP contribution >= 0.6 is 23.4 Å². The standard InChI is InChI=1S/C18H18ClN5OS/c1-11-4-7-15(10-17(11)24-13(3)21-22-23-24)20-18(25)12(2)26-16-8-5-14(19)6-9-16/h4-10,12H,1-3H3,(H,20,25). The Balaban J connectivity index is 1.73. The zero-order valence-corrected chi connectivity index (χ0v) is 16.2. The van der Waals surface area contributed by atoms with E-state index >= 15 is 0 Å². The van der Waals surface area contributed by atoms with Crippen molar-refractivity contribution < 1.29 is 4.79 Å². The van der Waals surface area contributed by atoms with Crippen LogP contribution in [0.1, 0.15) is 18.3 Å². The van der Waals surface area contributed by atoms with Gasteiger partial charge in [-0.25, -0.2) is 0 Å². The molecule has 1 heterocycles. The van der Waals surface area contributed by atoms with E-state index in [1.807, 2.05) is 63.2 Å². The number of carbonyl (C=O) groups is 1. The van der Waals surface area contributed by atoms with Crippen LogP contribution < -0.4 is 5.32 Å². The second-order valence-electron chi connectivity index (χ2n) is 5.84. The molecule has 3 aromatic rings. The average molecular weight is 388 g/mol. The number of tetrazole rings is 1. The first-order valence-electron chi connectivity index (χ1n) is 8.03. The van der Waals surface area contributed by atoms with E-state index in [1.165, 1.54) is 11.8 Å². The summed E-state index contributed by atoms with van der Waals surface area (Å²) in [5.74, 6) is 0.608. The molecule has 26 heavy (non-hydrogen) atoms. The Morgan fingerprint density at radius 3 is 2.58 bits per heavy atom. The van der Waals surface area contributed by atoms with Crippen LogP contribution in [0.2, 0.25) is 5.02 Å². The van der Waals surface area contributed by atoms with E-state index in [-0.39, 0.29) is 11.2 Å². The molecule has 0 spiro atoms. The SMILES string of the molecule is Cc1ccc(NC(=O)C(C)Sc2ccc(Cl)cc2)cc1-n1nnnc1C. The molecule has 3 rings (SSSR count). The third-order valence-corrected chi connectivity index (χ3v) is 5.19. The number of hydrogen-bond donors (Lipinski definition) is 1. The van der Waals surface area contributed by atoms with E-state index in [9.17, 15) is 4.79 Å². The van der Waals surface area contributed by atoms with Gasteiger partial charge >= 0.3 is 0 Å². The zero-order chi connectivity index (χ0) is 18.7. The molecule has 1 atom stereocenters. The Hall–Kier alpha value is -2.38. The van der Waals surface area contributed by atoms with Crippen molar-refractivity contribution in [3.8, 4) is 5.69 Å². The Bertz CT molecular complexity index is 926. The van der Waals surface area contributed by atoms with Gasteiger partial charge in [0, 0.05) is 15.6 Å². The highest BCUT2D eigenvalue weighted by molar-refractivity contribution is 8.00. The molecule has 1 aromatic heterocycles. The van der Waals surface area contributed by atoms with Crippen molar-refractivity contribution in [3.05, 3.63) is 58.9 Å². The van der Waals surface area contributed by atoms with Gasteiger partial charge in [0.1, 0.15) is 0 Å². The number of amides is 1. The summed E-state index contributed by atoms with van der Waals surface area (Å²) in [4.78, 5) is 13.5. The highest BCUT2D eigenvalue weighted by Gasteiger charge is 2.16. The predicted molar refractivity (Wildman–Crippen MR) is 104 cm³/mol. The molecule has 0 bridgehead atoms. The third kappa shape index (κ3) is 4.23. The molecule has 0 radical (unpaired) electrons. The number of thioether (sulfide) groups is 1. The van der Waals surface area contributed by atoms with Crippen molar-refractivity contribution >= 4 is 35.0 Å². The third-order valence-electron chi connectivity index (χ3n) is 3.83. The second kappa shape index (κ2) is 7.88. The minimum atomic E-state index is -0.254. The summed E-state index contributed by atoms with van der Waals surface area (Å²) in [5, 5.41) is 15.0. The first-order chi connectivity index (χ1) is 12.4. The summed E-state index contributed by atoms with van der Waals surface area (Å²) in [7, 11) is 0. The molecule has 134 valence electrons. The fourth-order valence-corrected chi connectivity index (χ4v) is 3.38. The summed E-state index contributed by atoms with van der Waals surface area (Å²) in [6, 6.07) is 13.1. The average Bonchev–Trinajstić information content (AvgIpc) is 3.04. The van der Waals surface area contributed by atoms with Crippen LogP contribution in [0.3, 0.4) is 0 Å². The molecule has 0 aliphatic carbocycles. The zero-order valence-electron chi connectivity index (χ0n) is 14.6. The quantitative estimate of drug-likeness (QED) is 0.668. The van der Waals surface area contributed by atoms with Crippen LogP contribution in [0.5, 0.6) is 0 Å². The Kier molecular flexibility index (Phi) is 5.58. The van der Waals surface area contributed by atoms with E-state index in [0.717, 1.165) is 16.1 Å². The topological polar surface area (TPSA) is 72.7 Å². The molecular weight excluding hydrogens is 370 g/mol. The fourth-order valence-electron chi connectivity index (χ4n) is 2.38. The number of anilines is 1. The monoisotopic (exact) mass is 387 g/mol. The van der Waals surface area contributed by atoms with Gasteiger partial charge < -0.3 is 5.32 Å². The number of carbonyl (C=O) groups excluding carboxylic acids is 1. The van der Waals surface area contributed by atoms with Crippen molar-refractivity contribution in [1.29, 1.82) is 0 Å². The van der Waals surface area contributed by atoms with Crippen LogP contribution in [0.15, 0.2) is 47.4 Å². The van der Waals surface area contributed by atoms with Crippen molar-refractivity contribution in [3.63, 3.8) is 0 Å². The number of halogens is 1. The summed E-state index contributed by atoms with van der Waals surface area (Å²) < 4.78 is 1.65. The van der Waals surface area contributed by atoms with Crippen LogP contribution in [-0.2, 0) is 4.79 Å². The summed E-state index contributed by atoms with van der Waals surface area (Å²) >= 11 is 7.37. The Morgan fingerprint density at radius 2 is 1.92 bits per heavy atom. The van der Waals surface area contributed by atoms with Gasteiger partial charge in [0.25, 0.3) is 0 Å². The largest absolute Gasteiger partial charge is 0.325 e. The first kappa shape index (κ1) is 18.4. The van der Waals surface area contributed by atoms with Crippen molar-refractivity contribution in [2.24, 2.45) is 0 Å². The highest BCUT2D eigenvalue weighted by Crippen LogP contribution is 2.26. The van der Waals surface area contributed by atoms with Gasteiger partial charge in [-0.05, 0) is 73.2 Å². The molecule has 1 unspecified atom stereocenters. The molecule has 0 aliphatic heterocycles. The second-order valence-corrected chi connectivity index (χ2v) is 7.69. The van der Waals surface area contributed by atoms with E-state index in [4.69, 9.17) is 11.6 Å². The maximum absolute atomic E-state index is 12.5. The van der Waals surface area contributed by atoms with Crippen LogP contribution in [0, 0.1) is 13.8 Å². The smallest absolute Gasteiger partial charge is 0.237 e. The van der Waals surface area contributed by atoms with Gasteiger partial charge in [0.15, 0.2) is 5.82 Å². The minimum Gasteiger partial charge on any atom is -0.325 e. The van der Waals surface area contributed by atoms with Gasteiger partial charge in [-0.15, -0.1) is 16.9 Å². The number of rotatable bonds is 5. The molecule has 8 heteroatoms.